The minimum atomic E-state index is -0.0588. The second kappa shape index (κ2) is 6.82. The van der Waals surface area contributed by atoms with Gasteiger partial charge in [-0.2, -0.15) is 5.10 Å². The molecule has 1 aromatic heterocycles. The number of hydrogen-bond acceptors (Lipinski definition) is 3. The molecule has 2 fully saturated rings. The van der Waals surface area contributed by atoms with Crippen LogP contribution in [-0.4, -0.2) is 15.8 Å². The standard InChI is InChI=1S/C16H24ClN3O/c17-14-10-18-20(11-12-8-9-12)16(21)15(14)19-13-6-4-2-1-3-5-7-13/h10,12-13,19H,1-9,11H2. The predicted molar refractivity (Wildman–Crippen MR) is 86.0 cm³/mol. The van der Waals surface area contributed by atoms with Crippen LogP contribution in [0.25, 0.3) is 0 Å². The molecule has 2 aliphatic rings. The Morgan fingerprint density at radius 2 is 1.81 bits per heavy atom. The average Bonchev–Trinajstić information content (AvgIpc) is 3.24. The number of rotatable bonds is 4. The van der Waals surface area contributed by atoms with Crippen LogP contribution >= 0.6 is 11.6 Å². The number of nitrogens with one attached hydrogen (secondary N) is 1. The molecule has 4 nitrogen and oxygen atoms in total. The maximum Gasteiger partial charge on any atom is 0.291 e. The van der Waals surface area contributed by atoms with Crippen molar-refractivity contribution in [2.24, 2.45) is 5.92 Å². The molecular weight excluding hydrogens is 286 g/mol. The van der Waals surface area contributed by atoms with E-state index in [1.165, 1.54) is 44.9 Å². The molecule has 2 aliphatic carbocycles. The maximum absolute atomic E-state index is 12.5. The van der Waals surface area contributed by atoms with Gasteiger partial charge in [0.2, 0.25) is 0 Å². The minimum absolute atomic E-state index is 0.0588. The van der Waals surface area contributed by atoms with Crippen molar-refractivity contribution in [3.8, 4) is 0 Å². The Morgan fingerprint density at radius 3 is 2.48 bits per heavy atom. The number of hydrogen-bond donors (Lipinski definition) is 1. The Bertz CT molecular complexity index is 531. The van der Waals surface area contributed by atoms with E-state index in [-0.39, 0.29) is 5.56 Å². The highest BCUT2D eigenvalue weighted by atomic mass is 35.5. The van der Waals surface area contributed by atoms with Crippen LogP contribution in [0.1, 0.15) is 57.8 Å². The zero-order valence-corrected chi connectivity index (χ0v) is 13.2. The lowest BCUT2D eigenvalue weighted by molar-refractivity contribution is 0.469. The highest BCUT2D eigenvalue weighted by molar-refractivity contribution is 6.33. The molecule has 0 aliphatic heterocycles. The van der Waals surface area contributed by atoms with Crippen molar-refractivity contribution in [3.05, 3.63) is 21.6 Å². The molecule has 0 radical (unpaired) electrons. The van der Waals surface area contributed by atoms with E-state index in [0.717, 1.165) is 19.4 Å². The molecule has 116 valence electrons. The SMILES string of the molecule is O=c1c(NC2CCCCCCC2)c(Cl)cnn1CC1CC1. The molecule has 0 atom stereocenters. The predicted octanol–water partition coefficient (Wildman–Crippen LogP) is 3.83. The monoisotopic (exact) mass is 309 g/mol. The second-order valence-corrected chi connectivity index (χ2v) is 6.89. The van der Waals surface area contributed by atoms with Gasteiger partial charge in [0.05, 0.1) is 11.2 Å². The van der Waals surface area contributed by atoms with Crippen molar-refractivity contribution in [3.63, 3.8) is 0 Å². The van der Waals surface area contributed by atoms with Crippen molar-refractivity contribution in [1.82, 2.24) is 9.78 Å². The van der Waals surface area contributed by atoms with Gasteiger partial charge in [0, 0.05) is 12.6 Å². The molecule has 0 unspecified atom stereocenters. The largest absolute Gasteiger partial charge is 0.377 e. The molecule has 3 rings (SSSR count). The number of nitrogens with zero attached hydrogens (tertiary/aromatic N) is 2. The molecule has 0 spiro atoms. The summed E-state index contributed by atoms with van der Waals surface area (Å²) in [5.74, 6) is 0.630. The van der Waals surface area contributed by atoms with E-state index in [4.69, 9.17) is 11.6 Å². The van der Waals surface area contributed by atoms with Crippen molar-refractivity contribution < 1.29 is 0 Å². The van der Waals surface area contributed by atoms with Gasteiger partial charge in [-0.25, -0.2) is 4.68 Å². The van der Waals surface area contributed by atoms with Crippen LogP contribution in [0.4, 0.5) is 5.69 Å². The molecule has 0 saturated heterocycles. The van der Waals surface area contributed by atoms with E-state index in [9.17, 15) is 4.79 Å². The van der Waals surface area contributed by atoms with Gasteiger partial charge in [-0.15, -0.1) is 0 Å². The first-order valence-electron chi connectivity index (χ1n) is 8.26. The van der Waals surface area contributed by atoms with E-state index in [1.807, 2.05) is 0 Å². The maximum atomic E-state index is 12.5. The summed E-state index contributed by atoms with van der Waals surface area (Å²) in [6.45, 7) is 0.731. The van der Waals surface area contributed by atoms with E-state index in [0.29, 0.717) is 22.7 Å². The van der Waals surface area contributed by atoms with Crippen molar-refractivity contribution in [2.45, 2.75) is 70.4 Å². The quantitative estimate of drug-likeness (QED) is 0.919. The lowest BCUT2D eigenvalue weighted by Crippen LogP contribution is -2.30. The van der Waals surface area contributed by atoms with Gasteiger partial charge >= 0.3 is 0 Å². The highest BCUT2D eigenvalue weighted by Crippen LogP contribution is 2.30. The van der Waals surface area contributed by atoms with E-state index < -0.39 is 0 Å². The van der Waals surface area contributed by atoms with Gasteiger partial charge in [-0.05, 0) is 31.6 Å². The van der Waals surface area contributed by atoms with E-state index in [2.05, 4.69) is 10.4 Å². The third-order valence-electron chi connectivity index (χ3n) is 4.58. The Kier molecular flexibility index (Phi) is 4.84. The first-order valence-corrected chi connectivity index (χ1v) is 8.64. The number of halogens is 1. The second-order valence-electron chi connectivity index (χ2n) is 6.48. The van der Waals surface area contributed by atoms with Crippen LogP contribution in [0, 0.1) is 5.92 Å². The highest BCUT2D eigenvalue weighted by Gasteiger charge is 2.24. The average molecular weight is 310 g/mol. The molecular formula is C16H24ClN3O. The molecule has 0 amide bonds. The van der Waals surface area contributed by atoms with Gasteiger partial charge in [0.1, 0.15) is 5.69 Å². The van der Waals surface area contributed by atoms with Crippen LogP contribution in [-0.2, 0) is 6.54 Å². The van der Waals surface area contributed by atoms with Crippen LogP contribution in [0.2, 0.25) is 5.02 Å². The van der Waals surface area contributed by atoms with Gasteiger partial charge in [0.15, 0.2) is 0 Å². The summed E-state index contributed by atoms with van der Waals surface area (Å²) in [5.41, 5.74) is 0.495. The summed E-state index contributed by atoms with van der Waals surface area (Å²) < 4.78 is 1.58. The lowest BCUT2D eigenvalue weighted by atomic mass is 9.96. The molecule has 0 aromatic carbocycles. The third-order valence-corrected chi connectivity index (χ3v) is 4.87. The van der Waals surface area contributed by atoms with Crippen LogP contribution in [0.5, 0.6) is 0 Å². The van der Waals surface area contributed by atoms with Crippen molar-refractivity contribution in [1.29, 1.82) is 0 Å². The summed E-state index contributed by atoms with van der Waals surface area (Å²) in [7, 11) is 0. The Balaban J connectivity index is 1.74. The van der Waals surface area contributed by atoms with Crippen LogP contribution in [0.15, 0.2) is 11.0 Å². The number of anilines is 1. The first kappa shape index (κ1) is 14.9. The fraction of sp³-hybridized carbons (Fsp3) is 0.750. The van der Waals surface area contributed by atoms with Gasteiger partial charge < -0.3 is 5.32 Å². The molecule has 1 aromatic rings. The summed E-state index contributed by atoms with van der Waals surface area (Å²) in [5, 5.41) is 8.04. The number of aromatic nitrogens is 2. The summed E-state index contributed by atoms with van der Waals surface area (Å²) in [4.78, 5) is 12.5. The van der Waals surface area contributed by atoms with Gasteiger partial charge in [-0.1, -0.05) is 43.7 Å². The summed E-state index contributed by atoms with van der Waals surface area (Å²) in [6.07, 6.45) is 12.7. The zero-order chi connectivity index (χ0) is 14.7. The lowest BCUT2D eigenvalue weighted by Gasteiger charge is -2.22. The zero-order valence-electron chi connectivity index (χ0n) is 12.5. The van der Waals surface area contributed by atoms with E-state index in [1.54, 1.807) is 10.9 Å². The van der Waals surface area contributed by atoms with E-state index >= 15 is 0 Å². The Labute approximate surface area is 130 Å². The van der Waals surface area contributed by atoms with Crippen molar-refractivity contribution >= 4 is 17.3 Å². The van der Waals surface area contributed by atoms with Crippen LogP contribution < -0.4 is 10.9 Å². The topological polar surface area (TPSA) is 46.9 Å². The van der Waals surface area contributed by atoms with Gasteiger partial charge in [-0.3, -0.25) is 4.79 Å². The molecule has 5 heteroatoms. The van der Waals surface area contributed by atoms with Gasteiger partial charge in [0.25, 0.3) is 5.56 Å². The minimum Gasteiger partial charge on any atom is -0.377 e. The van der Waals surface area contributed by atoms with Crippen LogP contribution in [0.3, 0.4) is 0 Å². The summed E-state index contributed by atoms with van der Waals surface area (Å²) >= 11 is 6.21. The fourth-order valence-corrected chi connectivity index (χ4v) is 3.26. The molecule has 1 heterocycles. The molecule has 1 N–H and O–H groups in total. The smallest absolute Gasteiger partial charge is 0.291 e. The fourth-order valence-electron chi connectivity index (χ4n) is 3.08. The molecule has 0 bridgehead atoms. The third kappa shape index (κ3) is 4.00. The molecule has 2 saturated carbocycles. The summed E-state index contributed by atoms with van der Waals surface area (Å²) in [6, 6.07) is 0.368. The Hall–Kier alpha value is -1.03. The first-order chi connectivity index (χ1) is 10.2. The molecule has 21 heavy (non-hydrogen) atoms. The normalized spacial score (nSPS) is 20.8. The van der Waals surface area contributed by atoms with Crippen molar-refractivity contribution in [2.75, 3.05) is 5.32 Å². The Morgan fingerprint density at radius 1 is 1.14 bits per heavy atom.